The molecule has 1 saturated carbocycles. The highest BCUT2D eigenvalue weighted by atomic mass is 32.2. The number of aromatic nitrogens is 1. The number of hydrogen-bond acceptors (Lipinski definition) is 4. The van der Waals surface area contributed by atoms with Crippen molar-refractivity contribution in [2.24, 2.45) is 10.7 Å². The van der Waals surface area contributed by atoms with Crippen LogP contribution in [0.5, 0.6) is 0 Å². The number of thioether (sulfide) groups is 1. The van der Waals surface area contributed by atoms with Gasteiger partial charge < -0.3 is 11.1 Å². The summed E-state index contributed by atoms with van der Waals surface area (Å²) < 4.78 is 1.14. The third kappa shape index (κ3) is 6.13. The molecule has 112 valence electrons. The lowest BCUT2D eigenvalue weighted by molar-refractivity contribution is 0.530. The predicted octanol–water partition coefficient (Wildman–Crippen LogP) is 3.25. The van der Waals surface area contributed by atoms with Crippen LogP contribution in [0.25, 0.3) is 0 Å². The van der Waals surface area contributed by atoms with Crippen molar-refractivity contribution in [1.82, 2.24) is 10.3 Å². The molecule has 6 heteroatoms. The van der Waals surface area contributed by atoms with Gasteiger partial charge in [-0.25, -0.2) is 4.98 Å². The van der Waals surface area contributed by atoms with E-state index in [9.17, 15) is 0 Å². The first-order valence-electron chi connectivity index (χ1n) is 7.43. The molecule has 0 saturated heterocycles. The number of thiazole rings is 1. The zero-order chi connectivity index (χ0) is 14.0. The number of rotatable bonds is 6. The van der Waals surface area contributed by atoms with E-state index in [1.54, 1.807) is 23.1 Å². The van der Waals surface area contributed by atoms with Crippen LogP contribution in [0.4, 0.5) is 0 Å². The maximum absolute atomic E-state index is 5.95. The van der Waals surface area contributed by atoms with Gasteiger partial charge in [0.15, 0.2) is 5.96 Å². The minimum absolute atomic E-state index is 0.533. The molecule has 0 aliphatic heterocycles. The molecule has 0 atom stereocenters. The van der Waals surface area contributed by atoms with E-state index in [1.165, 1.54) is 38.5 Å². The lowest BCUT2D eigenvalue weighted by Crippen LogP contribution is -2.39. The molecule has 1 aliphatic rings. The number of nitrogens with one attached hydrogen (secondary N) is 1. The van der Waals surface area contributed by atoms with E-state index in [0.717, 1.165) is 23.1 Å². The van der Waals surface area contributed by atoms with E-state index < -0.39 is 0 Å². The molecule has 0 unspecified atom stereocenters. The van der Waals surface area contributed by atoms with Gasteiger partial charge in [0.2, 0.25) is 0 Å². The molecule has 3 N–H and O–H groups in total. The van der Waals surface area contributed by atoms with Crippen molar-refractivity contribution in [3.05, 3.63) is 11.6 Å². The maximum Gasteiger partial charge on any atom is 0.188 e. The Morgan fingerprint density at radius 2 is 2.20 bits per heavy atom. The summed E-state index contributed by atoms with van der Waals surface area (Å²) in [7, 11) is 0. The van der Waals surface area contributed by atoms with Crippen LogP contribution in [-0.4, -0.2) is 29.3 Å². The van der Waals surface area contributed by atoms with Gasteiger partial charge >= 0.3 is 0 Å². The smallest absolute Gasteiger partial charge is 0.188 e. The fourth-order valence-corrected chi connectivity index (χ4v) is 4.02. The third-order valence-electron chi connectivity index (χ3n) is 3.43. The van der Waals surface area contributed by atoms with E-state index in [4.69, 9.17) is 5.73 Å². The summed E-state index contributed by atoms with van der Waals surface area (Å²) in [6, 6.07) is 0.533. The standard InChI is InChI=1S/C14H24N4S2/c15-13(18-12-6-3-1-2-4-7-12)16-8-5-10-19-14-17-9-11-20-14/h9,11-12H,1-8,10H2,(H3,15,16,18). The van der Waals surface area contributed by atoms with Gasteiger partial charge in [-0.15, -0.1) is 11.3 Å². The summed E-state index contributed by atoms with van der Waals surface area (Å²) in [5.41, 5.74) is 5.95. The van der Waals surface area contributed by atoms with Crippen LogP contribution in [0.3, 0.4) is 0 Å². The Balaban J connectivity index is 1.58. The maximum atomic E-state index is 5.95. The molecule has 1 aliphatic carbocycles. The van der Waals surface area contributed by atoms with Crippen LogP contribution >= 0.6 is 23.1 Å². The summed E-state index contributed by atoms with van der Waals surface area (Å²) >= 11 is 3.49. The quantitative estimate of drug-likeness (QED) is 0.278. The lowest BCUT2D eigenvalue weighted by atomic mass is 10.1. The number of guanidine groups is 1. The van der Waals surface area contributed by atoms with Gasteiger partial charge in [-0.3, -0.25) is 4.99 Å². The topological polar surface area (TPSA) is 63.3 Å². The third-order valence-corrected chi connectivity index (χ3v) is 5.48. The molecule has 20 heavy (non-hydrogen) atoms. The van der Waals surface area contributed by atoms with Crippen molar-refractivity contribution in [1.29, 1.82) is 0 Å². The van der Waals surface area contributed by atoms with Gasteiger partial charge in [0.1, 0.15) is 4.34 Å². The summed E-state index contributed by atoms with van der Waals surface area (Å²) in [6.45, 7) is 0.796. The molecule has 0 spiro atoms. The van der Waals surface area contributed by atoms with Gasteiger partial charge in [-0.05, 0) is 19.3 Å². The van der Waals surface area contributed by atoms with Gasteiger partial charge in [0, 0.05) is 29.9 Å². The first-order valence-corrected chi connectivity index (χ1v) is 9.30. The minimum Gasteiger partial charge on any atom is -0.370 e. The highest BCUT2D eigenvalue weighted by Gasteiger charge is 2.11. The highest BCUT2D eigenvalue weighted by molar-refractivity contribution is 8.00. The summed E-state index contributed by atoms with van der Waals surface area (Å²) in [4.78, 5) is 8.66. The Morgan fingerprint density at radius 1 is 1.40 bits per heavy atom. The van der Waals surface area contributed by atoms with Crippen LogP contribution in [0.15, 0.2) is 20.9 Å². The molecular weight excluding hydrogens is 288 g/mol. The molecule has 0 aromatic carbocycles. The Bertz CT molecular complexity index is 384. The normalized spacial score (nSPS) is 17.9. The molecule has 1 aromatic rings. The highest BCUT2D eigenvalue weighted by Crippen LogP contribution is 2.20. The molecular formula is C14H24N4S2. The van der Waals surface area contributed by atoms with Crippen LogP contribution in [-0.2, 0) is 0 Å². The van der Waals surface area contributed by atoms with Crippen molar-refractivity contribution in [2.75, 3.05) is 12.3 Å². The Hall–Kier alpha value is -0.750. The van der Waals surface area contributed by atoms with Crippen LogP contribution < -0.4 is 11.1 Å². The second-order valence-corrected chi connectivity index (χ2v) is 7.34. The van der Waals surface area contributed by atoms with Gasteiger partial charge in [0.25, 0.3) is 0 Å². The van der Waals surface area contributed by atoms with Crippen molar-refractivity contribution in [3.8, 4) is 0 Å². The average Bonchev–Trinajstić information content (AvgIpc) is 2.83. The van der Waals surface area contributed by atoms with E-state index in [2.05, 4.69) is 15.3 Å². The molecule has 0 radical (unpaired) electrons. The van der Waals surface area contributed by atoms with Crippen molar-refractivity contribution in [2.45, 2.75) is 55.3 Å². The lowest BCUT2D eigenvalue weighted by Gasteiger charge is -2.16. The van der Waals surface area contributed by atoms with E-state index in [-0.39, 0.29) is 0 Å². The molecule has 4 nitrogen and oxygen atoms in total. The molecule has 0 bridgehead atoms. The first kappa shape index (κ1) is 15.6. The first-order chi connectivity index (χ1) is 9.84. The molecule has 1 fully saturated rings. The Labute approximate surface area is 129 Å². The van der Waals surface area contributed by atoms with E-state index in [0.29, 0.717) is 12.0 Å². The second kappa shape index (κ2) is 9.23. The Morgan fingerprint density at radius 3 is 2.90 bits per heavy atom. The van der Waals surface area contributed by atoms with E-state index >= 15 is 0 Å². The summed E-state index contributed by atoms with van der Waals surface area (Å²) in [6.07, 6.45) is 10.7. The van der Waals surface area contributed by atoms with Crippen LogP contribution in [0, 0.1) is 0 Å². The number of nitrogens with zero attached hydrogens (tertiary/aromatic N) is 2. The zero-order valence-electron chi connectivity index (χ0n) is 11.9. The van der Waals surface area contributed by atoms with E-state index in [1.807, 2.05) is 11.6 Å². The fourth-order valence-electron chi connectivity index (χ4n) is 2.38. The van der Waals surface area contributed by atoms with Gasteiger partial charge in [0.05, 0.1) is 0 Å². The predicted molar refractivity (Wildman–Crippen MR) is 88.6 cm³/mol. The van der Waals surface area contributed by atoms with Crippen molar-refractivity contribution in [3.63, 3.8) is 0 Å². The van der Waals surface area contributed by atoms with Crippen molar-refractivity contribution >= 4 is 29.1 Å². The Kier molecular flexibility index (Phi) is 7.22. The zero-order valence-corrected chi connectivity index (χ0v) is 13.5. The average molecular weight is 313 g/mol. The van der Waals surface area contributed by atoms with Gasteiger partial charge in [-0.1, -0.05) is 37.4 Å². The largest absolute Gasteiger partial charge is 0.370 e. The summed E-state index contributed by atoms with van der Waals surface area (Å²) in [5.74, 6) is 1.67. The number of aliphatic imine (C=N–C) groups is 1. The van der Waals surface area contributed by atoms with Crippen LogP contribution in [0.1, 0.15) is 44.9 Å². The molecule has 1 aromatic heterocycles. The SMILES string of the molecule is NC(=NCCCSc1nccs1)NC1CCCCCC1. The minimum atomic E-state index is 0.533. The number of nitrogens with two attached hydrogens (primary N) is 1. The second-order valence-electron chi connectivity index (χ2n) is 5.10. The molecule has 1 heterocycles. The summed E-state index contributed by atoms with van der Waals surface area (Å²) in [5, 5.41) is 5.38. The molecule has 0 amide bonds. The van der Waals surface area contributed by atoms with Gasteiger partial charge in [-0.2, -0.15) is 0 Å². The fraction of sp³-hybridized carbons (Fsp3) is 0.714. The number of hydrogen-bond donors (Lipinski definition) is 2. The monoisotopic (exact) mass is 312 g/mol. The van der Waals surface area contributed by atoms with Crippen molar-refractivity contribution < 1.29 is 0 Å². The van der Waals surface area contributed by atoms with Crippen LogP contribution in [0.2, 0.25) is 0 Å². The molecule has 2 rings (SSSR count).